The minimum absolute atomic E-state index is 0.0172. The molecule has 1 unspecified atom stereocenters. The van der Waals surface area contributed by atoms with Crippen molar-refractivity contribution in [2.75, 3.05) is 0 Å². The minimum Gasteiger partial charge on any atom is -0.322 e. The Bertz CT molecular complexity index is 576. The molecule has 0 saturated heterocycles. The van der Waals surface area contributed by atoms with E-state index in [1.807, 2.05) is 0 Å². The summed E-state index contributed by atoms with van der Waals surface area (Å²) in [5.74, 6) is 0.687. The monoisotopic (exact) mass is 302 g/mol. The molecule has 1 heterocycles. The average molecular weight is 302 g/mol. The Hall–Kier alpha value is -1.19. The van der Waals surface area contributed by atoms with E-state index in [0.717, 1.165) is 17.1 Å². The van der Waals surface area contributed by atoms with Crippen LogP contribution in [0.15, 0.2) is 29.6 Å². The Balaban J connectivity index is 2.18. The van der Waals surface area contributed by atoms with Gasteiger partial charge in [0.05, 0.1) is 11.7 Å². The number of hydrogen-bond donors (Lipinski definition) is 1. The third-order valence-electron chi connectivity index (χ3n) is 3.61. The van der Waals surface area contributed by atoms with Crippen LogP contribution in [0.25, 0.3) is 11.3 Å². The van der Waals surface area contributed by atoms with Gasteiger partial charge in [-0.25, -0.2) is 4.98 Å². The number of hydrogen-bond acceptors (Lipinski definition) is 3. The Morgan fingerprint density at radius 1 is 1.14 bits per heavy atom. The smallest absolute Gasteiger partial charge is 0.111 e. The molecule has 3 heteroatoms. The van der Waals surface area contributed by atoms with Gasteiger partial charge in [0.15, 0.2) is 0 Å². The van der Waals surface area contributed by atoms with Crippen molar-refractivity contribution < 1.29 is 0 Å². The Morgan fingerprint density at radius 2 is 1.76 bits per heavy atom. The predicted octanol–water partition coefficient (Wildman–Crippen LogP) is 5.05. The highest BCUT2D eigenvalue weighted by Gasteiger charge is 2.25. The van der Waals surface area contributed by atoms with E-state index in [1.54, 1.807) is 11.3 Å². The second-order valence-corrected chi connectivity index (χ2v) is 8.10. The van der Waals surface area contributed by atoms with Crippen LogP contribution in [0.4, 0.5) is 0 Å². The van der Waals surface area contributed by atoms with E-state index in [-0.39, 0.29) is 11.5 Å². The molecule has 114 valence electrons. The summed E-state index contributed by atoms with van der Waals surface area (Å²) in [5.41, 5.74) is 9.92. The highest BCUT2D eigenvalue weighted by atomic mass is 32.1. The summed E-state index contributed by atoms with van der Waals surface area (Å²) >= 11 is 1.66. The number of nitrogens with zero attached hydrogens (tertiary/aromatic N) is 1. The maximum atomic E-state index is 6.29. The summed E-state index contributed by atoms with van der Waals surface area (Å²) in [6.45, 7) is 10.9. The number of aromatic nitrogens is 1. The van der Waals surface area contributed by atoms with Crippen LogP contribution in [0.1, 0.15) is 51.2 Å². The minimum atomic E-state index is -0.0172. The number of rotatable bonds is 4. The Kier molecular flexibility index (Phi) is 4.84. The van der Waals surface area contributed by atoms with Crippen molar-refractivity contribution in [3.63, 3.8) is 0 Å². The van der Waals surface area contributed by atoms with Gasteiger partial charge in [0, 0.05) is 10.9 Å². The normalized spacial score (nSPS) is 13.7. The van der Waals surface area contributed by atoms with Crippen molar-refractivity contribution >= 4 is 11.3 Å². The third kappa shape index (κ3) is 4.14. The molecule has 0 aliphatic heterocycles. The van der Waals surface area contributed by atoms with E-state index in [0.29, 0.717) is 5.92 Å². The lowest BCUT2D eigenvalue weighted by molar-refractivity contribution is 0.326. The number of benzene rings is 1. The molecule has 0 radical (unpaired) electrons. The maximum Gasteiger partial charge on any atom is 0.111 e. The molecule has 1 aromatic carbocycles. The zero-order valence-electron chi connectivity index (χ0n) is 13.7. The van der Waals surface area contributed by atoms with Crippen LogP contribution in [-0.2, 0) is 6.42 Å². The van der Waals surface area contributed by atoms with Crippen LogP contribution in [0, 0.1) is 11.3 Å². The molecule has 21 heavy (non-hydrogen) atoms. The molecular weight excluding hydrogens is 276 g/mol. The van der Waals surface area contributed by atoms with Crippen molar-refractivity contribution in [3.8, 4) is 11.3 Å². The Labute approximate surface area is 132 Å². The molecule has 0 fully saturated rings. The van der Waals surface area contributed by atoms with Crippen molar-refractivity contribution in [2.24, 2.45) is 17.1 Å². The summed E-state index contributed by atoms with van der Waals surface area (Å²) in [6.07, 6.45) is 1.12. The molecule has 1 atom stereocenters. The first-order valence-electron chi connectivity index (χ1n) is 7.57. The molecule has 0 saturated carbocycles. The maximum absolute atomic E-state index is 6.29. The fourth-order valence-electron chi connectivity index (χ4n) is 2.22. The molecule has 2 aromatic rings. The molecular formula is C18H26N2S. The largest absolute Gasteiger partial charge is 0.322 e. The van der Waals surface area contributed by atoms with Gasteiger partial charge in [-0.15, -0.1) is 11.3 Å². The topological polar surface area (TPSA) is 38.9 Å². The second kappa shape index (κ2) is 6.29. The van der Waals surface area contributed by atoms with E-state index < -0.39 is 0 Å². The van der Waals surface area contributed by atoms with Gasteiger partial charge in [-0.05, 0) is 23.3 Å². The van der Waals surface area contributed by atoms with Gasteiger partial charge < -0.3 is 5.73 Å². The highest BCUT2D eigenvalue weighted by molar-refractivity contribution is 7.10. The summed E-state index contributed by atoms with van der Waals surface area (Å²) in [7, 11) is 0. The van der Waals surface area contributed by atoms with Crippen LogP contribution in [-0.4, -0.2) is 4.98 Å². The highest BCUT2D eigenvalue weighted by Crippen LogP contribution is 2.34. The fraction of sp³-hybridized carbons (Fsp3) is 0.500. The van der Waals surface area contributed by atoms with Crippen LogP contribution in [0.5, 0.6) is 0 Å². The molecule has 0 amide bonds. The van der Waals surface area contributed by atoms with Gasteiger partial charge in [-0.2, -0.15) is 0 Å². The number of nitrogens with two attached hydrogens (primary N) is 1. The number of thiazole rings is 1. The van der Waals surface area contributed by atoms with Gasteiger partial charge in [-0.1, -0.05) is 58.9 Å². The van der Waals surface area contributed by atoms with Crippen molar-refractivity contribution in [2.45, 2.75) is 47.1 Å². The van der Waals surface area contributed by atoms with Gasteiger partial charge in [0.1, 0.15) is 5.01 Å². The van der Waals surface area contributed by atoms with E-state index >= 15 is 0 Å². The SMILES string of the molecule is CC(C)Cc1ccc(-c2csc(C(N)C(C)(C)C)n2)cc1. The Morgan fingerprint density at radius 3 is 2.29 bits per heavy atom. The van der Waals surface area contributed by atoms with Crippen LogP contribution < -0.4 is 5.73 Å². The lowest BCUT2D eigenvalue weighted by atomic mass is 9.88. The lowest BCUT2D eigenvalue weighted by Gasteiger charge is -2.24. The molecule has 0 bridgehead atoms. The third-order valence-corrected chi connectivity index (χ3v) is 4.54. The van der Waals surface area contributed by atoms with E-state index in [2.05, 4.69) is 64.3 Å². The molecule has 0 aliphatic rings. The molecule has 2 rings (SSSR count). The van der Waals surface area contributed by atoms with Gasteiger partial charge >= 0.3 is 0 Å². The molecule has 2 nitrogen and oxygen atoms in total. The van der Waals surface area contributed by atoms with Crippen LogP contribution in [0.2, 0.25) is 0 Å². The van der Waals surface area contributed by atoms with E-state index in [9.17, 15) is 0 Å². The van der Waals surface area contributed by atoms with Crippen molar-refractivity contribution in [1.29, 1.82) is 0 Å². The van der Waals surface area contributed by atoms with Crippen molar-refractivity contribution in [1.82, 2.24) is 4.98 Å². The van der Waals surface area contributed by atoms with Crippen LogP contribution >= 0.6 is 11.3 Å². The molecule has 2 N–H and O–H groups in total. The summed E-state index contributed by atoms with van der Waals surface area (Å²) in [6, 6.07) is 8.73. The van der Waals surface area contributed by atoms with Crippen molar-refractivity contribution in [3.05, 3.63) is 40.2 Å². The van der Waals surface area contributed by atoms with Gasteiger partial charge in [0.2, 0.25) is 0 Å². The first kappa shape index (κ1) is 16.2. The fourth-order valence-corrected chi connectivity index (χ4v) is 3.29. The average Bonchev–Trinajstić information content (AvgIpc) is 2.86. The summed E-state index contributed by atoms with van der Waals surface area (Å²) in [5, 5.41) is 3.13. The van der Waals surface area contributed by atoms with E-state index in [1.165, 1.54) is 11.1 Å². The van der Waals surface area contributed by atoms with Gasteiger partial charge in [0.25, 0.3) is 0 Å². The summed E-state index contributed by atoms with van der Waals surface area (Å²) < 4.78 is 0. The quantitative estimate of drug-likeness (QED) is 0.858. The molecule has 0 aliphatic carbocycles. The first-order chi connectivity index (χ1) is 9.77. The van der Waals surface area contributed by atoms with Gasteiger partial charge in [-0.3, -0.25) is 0 Å². The molecule has 1 aromatic heterocycles. The molecule has 0 spiro atoms. The first-order valence-corrected chi connectivity index (χ1v) is 8.45. The summed E-state index contributed by atoms with van der Waals surface area (Å²) in [4.78, 5) is 4.73. The lowest BCUT2D eigenvalue weighted by Crippen LogP contribution is -2.26. The van der Waals surface area contributed by atoms with E-state index in [4.69, 9.17) is 10.7 Å². The second-order valence-electron chi connectivity index (χ2n) is 7.21. The van der Waals surface area contributed by atoms with Crippen LogP contribution in [0.3, 0.4) is 0 Å². The zero-order valence-corrected chi connectivity index (χ0v) is 14.5. The predicted molar refractivity (Wildman–Crippen MR) is 92.5 cm³/mol. The standard InChI is InChI=1S/C18H26N2S/c1-12(2)10-13-6-8-14(9-7-13)15-11-21-17(20-15)16(19)18(3,4)5/h6-9,11-12,16H,10,19H2,1-5H3. The zero-order chi connectivity index (χ0) is 15.6.